The number of carboxylic acid groups (broad SMARTS) is 1. The van der Waals surface area contributed by atoms with Gasteiger partial charge in [-0.2, -0.15) is 13.2 Å². The number of nitrogens with zero attached hydrogens (tertiary/aromatic N) is 1. The van der Waals surface area contributed by atoms with Crippen LogP contribution in [-0.2, 0) is 11.2 Å². The van der Waals surface area contributed by atoms with E-state index in [-0.39, 0.29) is 18.5 Å². The number of alkyl halides is 3. The molecule has 0 radical (unpaired) electrons. The van der Waals surface area contributed by atoms with Crippen molar-refractivity contribution < 1.29 is 27.9 Å². The number of amides is 1. The molecule has 0 aromatic heterocycles. The van der Waals surface area contributed by atoms with Crippen LogP contribution < -0.4 is 0 Å². The van der Waals surface area contributed by atoms with Crippen LogP contribution in [0.1, 0.15) is 35.7 Å². The zero-order valence-corrected chi connectivity index (χ0v) is 12.2. The minimum Gasteiger partial charge on any atom is -0.478 e. The minimum atomic E-state index is -4.45. The van der Waals surface area contributed by atoms with Crippen molar-refractivity contribution in [3.63, 3.8) is 0 Å². The van der Waals surface area contributed by atoms with E-state index in [1.807, 2.05) is 6.92 Å². The summed E-state index contributed by atoms with van der Waals surface area (Å²) in [5.74, 6) is -1.80. The summed E-state index contributed by atoms with van der Waals surface area (Å²) in [5, 5.41) is 8.88. The number of carboxylic acids is 1. The second-order valence-electron chi connectivity index (χ2n) is 4.97. The van der Waals surface area contributed by atoms with E-state index in [2.05, 4.69) is 0 Å². The summed E-state index contributed by atoms with van der Waals surface area (Å²) in [6.07, 6.45) is -3.54. The van der Waals surface area contributed by atoms with Gasteiger partial charge in [0, 0.05) is 6.54 Å². The van der Waals surface area contributed by atoms with Crippen molar-refractivity contribution in [2.75, 3.05) is 13.1 Å². The SMILES string of the molecule is CCCCN(CC(F)(F)F)C(=O)Cc1cccc(C(=O)O)c1. The molecule has 0 saturated carbocycles. The van der Waals surface area contributed by atoms with Crippen molar-refractivity contribution >= 4 is 11.9 Å². The average molecular weight is 317 g/mol. The maximum Gasteiger partial charge on any atom is 0.406 e. The molecule has 1 aromatic carbocycles. The molecule has 0 heterocycles. The second-order valence-corrected chi connectivity index (χ2v) is 4.97. The highest BCUT2D eigenvalue weighted by atomic mass is 19.4. The Hall–Kier alpha value is -2.05. The van der Waals surface area contributed by atoms with Crippen LogP contribution in [0.3, 0.4) is 0 Å². The molecular weight excluding hydrogens is 299 g/mol. The van der Waals surface area contributed by atoms with E-state index in [1.165, 1.54) is 24.3 Å². The van der Waals surface area contributed by atoms with E-state index in [4.69, 9.17) is 5.11 Å². The van der Waals surface area contributed by atoms with Gasteiger partial charge >= 0.3 is 12.1 Å². The molecule has 0 aliphatic carbocycles. The molecule has 4 nitrogen and oxygen atoms in total. The maximum absolute atomic E-state index is 12.5. The van der Waals surface area contributed by atoms with Crippen LogP contribution in [0.4, 0.5) is 13.2 Å². The summed E-state index contributed by atoms with van der Waals surface area (Å²) in [6.45, 7) is 0.574. The molecule has 7 heteroatoms. The predicted molar refractivity (Wildman–Crippen MR) is 74.6 cm³/mol. The van der Waals surface area contributed by atoms with Crippen LogP contribution in [0.15, 0.2) is 24.3 Å². The van der Waals surface area contributed by atoms with Gasteiger partial charge in [-0.15, -0.1) is 0 Å². The lowest BCUT2D eigenvalue weighted by atomic mass is 10.1. The smallest absolute Gasteiger partial charge is 0.406 e. The van der Waals surface area contributed by atoms with E-state index in [0.29, 0.717) is 18.4 Å². The molecule has 122 valence electrons. The molecule has 0 saturated heterocycles. The third kappa shape index (κ3) is 6.15. The Bertz CT molecular complexity index is 529. The van der Waals surface area contributed by atoms with Gasteiger partial charge in [-0.25, -0.2) is 4.79 Å². The van der Waals surface area contributed by atoms with Gasteiger partial charge in [0.1, 0.15) is 6.54 Å². The first-order chi connectivity index (χ1) is 10.2. The highest BCUT2D eigenvalue weighted by Crippen LogP contribution is 2.18. The largest absolute Gasteiger partial charge is 0.478 e. The first-order valence-corrected chi connectivity index (χ1v) is 6.89. The first-order valence-electron chi connectivity index (χ1n) is 6.89. The van der Waals surface area contributed by atoms with Gasteiger partial charge in [0.2, 0.25) is 5.91 Å². The van der Waals surface area contributed by atoms with Gasteiger partial charge in [-0.3, -0.25) is 4.79 Å². The Labute approximate surface area is 126 Å². The average Bonchev–Trinajstić information content (AvgIpc) is 2.42. The van der Waals surface area contributed by atoms with E-state index < -0.39 is 24.6 Å². The molecule has 1 N–H and O–H groups in total. The number of hydrogen-bond donors (Lipinski definition) is 1. The Morgan fingerprint density at radius 1 is 1.27 bits per heavy atom. The standard InChI is InChI=1S/C15H18F3NO3/c1-2-3-7-19(10-15(16,17)18)13(20)9-11-5-4-6-12(8-11)14(21)22/h4-6,8H,2-3,7,9-10H2,1H3,(H,21,22). The van der Waals surface area contributed by atoms with Crippen LogP contribution in [0.5, 0.6) is 0 Å². The summed E-state index contributed by atoms with van der Waals surface area (Å²) in [4.78, 5) is 23.7. The summed E-state index contributed by atoms with van der Waals surface area (Å²) < 4.78 is 37.6. The van der Waals surface area contributed by atoms with Crippen LogP contribution in [0, 0.1) is 0 Å². The number of aromatic carboxylic acids is 1. The highest BCUT2D eigenvalue weighted by Gasteiger charge is 2.32. The fourth-order valence-electron chi connectivity index (χ4n) is 1.96. The molecule has 1 aromatic rings. The first kappa shape index (κ1) is 18.0. The molecule has 0 spiro atoms. The van der Waals surface area contributed by atoms with E-state index >= 15 is 0 Å². The number of benzene rings is 1. The molecule has 0 atom stereocenters. The topological polar surface area (TPSA) is 57.6 Å². The fraction of sp³-hybridized carbons (Fsp3) is 0.467. The van der Waals surface area contributed by atoms with E-state index in [9.17, 15) is 22.8 Å². The summed E-state index contributed by atoms with van der Waals surface area (Å²) in [6, 6.07) is 5.65. The lowest BCUT2D eigenvalue weighted by molar-refractivity contribution is -0.160. The maximum atomic E-state index is 12.5. The third-order valence-corrected chi connectivity index (χ3v) is 3.03. The highest BCUT2D eigenvalue weighted by molar-refractivity contribution is 5.88. The van der Waals surface area contributed by atoms with Gasteiger partial charge in [-0.1, -0.05) is 25.5 Å². The van der Waals surface area contributed by atoms with Crippen LogP contribution in [0.25, 0.3) is 0 Å². The van der Waals surface area contributed by atoms with Gasteiger partial charge in [0.05, 0.1) is 12.0 Å². The van der Waals surface area contributed by atoms with Crippen molar-refractivity contribution in [2.24, 2.45) is 0 Å². The van der Waals surface area contributed by atoms with Crippen LogP contribution in [-0.4, -0.2) is 41.1 Å². The minimum absolute atomic E-state index is 0.00114. The number of rotatable bonds is 7. The molecule has 0 unspecified atom stereocenters. The van der Waals surface area contributed by atoms with Gasteiger partial charge in [0.15, 0.2) is 0 Å². The van der Waals surface area contributed by atoms with E-state index in [0.717, 1.165) is 4.90 Å². The second kappa shape index (κ2) is 7.82. The van der Waals surface area contributed by atoms with E-state index in [1.54, 1.807) is 0 Å². The van der Waals surface area contributed by atoms with Crippen LogP contribution in [0.2, 0.25) is 0 Å². The molecule has 0 fully saturated rings. The van der Waals surface area contributed by atoms with Crippen molar-refractivity contribution in [1.29, 1.82) is 0 Å². The summed E-state index contributed by atoms with van der Waals surface area (Å²) in [7, 11) is 0. The number of carbonyl (C=O) groups is 2. The zero-order valence-electron chi connectivity index (χ0n) is 12.2. The lowest BCUT2D eigenvalue weighted by Gasteiger charge is -2.24. The number of halogens is 3. The number of hydrogen-bond acceptors (Lipinski definition) is 2. The van der Waals surface area contributed by atoms with Gasteiger partial charge < -0.3 is 10.0 Å². The van der Waals surface area contributed by atoms with Crippen molar-refractivity contribution in [3.8, 4) is 0 Å². The summed E-state index contributed by atoms with van der Waals surface area (Å²) >= 11 is 0. The molecule has 1 amide bonds. The number of unbranched alkanes of at least 4 members (excludes halogenated alkanes) is 1. The molecule has 0 aliphatic rings. The Morgan fingerprint density at radius 3 is 2.50 bits per heavy atom. The predicted octanol–water partition coefficient (Wildman–Crippen LogP) is 3.12. The van der Waals surface area contributed by atoms with Crippen LogP contribution >= 0.6 is 0 Å². The monoisotopic (exact) mass is 317 g/mol. The molecule has 22 heavy (non-hydrogen) atoms. The zero-order chi connectivity index (χ0) is 16.8. The van der Waals surface area contributed by atoms with Crippen molar-refractivity contribution in [1.82, 2.24) is 4.90 Å². The Balaban J connectivity index is 2.81. The lowest BCUT2D eigenvalue weighted by Crippen LogP contribution is -2.40. The van der Waals surface area contributed by atoms with Crippen molar-refractivity contribution in [2.45, 2.75) is 32.4 Å². The molecule has 1 rings (SSSR count). The summed E-state index contributed by atoms with van der Waals surface area (Å²) in [5.41, 5.74) is 0.384. The van der Waals surface area contributed by atoms with Crippen molar-refractivity contribution in [3.05, 3.63) is 35.4 Å². The van der Waals surface area contributed by atoms with Gasteiger partial charge in [-0.05, 0) is 24.1 Å². The molecule has 0 bridgehead atoms. The molecule has 0 aliphatic heterocycles. The van der Waals surface area contributed by atoms with Gasteiger partial charge in [0.25, 0.3) is 0 Å². The molecular formula is C15H18F3NO3. The Morgan fingerprint density at radius 2 is 1.95 bits per heavy atom. The quantitative estimate of drug-likeness (QED) is 0.840. The normalized spacial score (nSPS) is 11.3. The fourth-order valence-corrected chi connectivity index (χ4v) is 1.96. The third-order valence-electron chi connectivity index (χ3n) is 3.03. The Kier molecular flexibility index (Phi) is 6.39. The number of carbonyl (C=O) groups excluding carboxylic acids is 1.